The normalized spacial score (nSPS) is 11.7. The molecule has 9 heteroatoms. The van der Waals surface area contributed by atoms with Crippen molar-refractivity contribution in [3.63, 3.8) is 0 Å². The zero-order valence-corrected chi connectivity index (χ0v) is 23.0. The van der Waals surface area contributed by atoms with Crippen molar-refractivity contribution in [2.45, 2.75) is 44.6 Å². The van der Waals surface area contributed by atoms with Gasteiger partial charge in [0.25, 0.3) is 0 Å². The van der Waals surface area contributed by atoms with E-state index in [0.717, 1.165) is 34.4 Å². The molecule has 8 nitrogen and oxygen atoms in total. The van der Waals surface area contributed by atoms with Gasteiger partial charge in [-0.1, -0.05) is 68.4 Å². The molecule has 2 atom stereocenters. The first-order valence-electron chi connectivity index (χ1n) is 12.4. The molecular formula is C30H33NO7S. The van der Waals surface area contributed by atoms with Crippen molar-refractivity contribution in [3.8, 4) is 5.75 Å². The molecular weight excluding hydrogens is 518 g/mol. The molecule has 0 aromatic heterocycles. The lowest BCUT2D eigenvalue weighted by Crippen LogP contribution is -2.36. The van der Waals surface area contributed by atoms with E-state index in [1.54, 1.807) is 30.0 Å². The summed E-state index contributed by atoms with van der Waals surface area (Å²) in [5.41, 5.74) is 4.20. The van der Waals surface area contributed by atoms with Gasteiger partial charge in [-0.05, 0) is 53.5 Å². The highest BCUT2D eigenvalue weighted by Gasteiger charge is 2.20. The third-order valence-electron chi connectivity index (χ3n) is 5.85. The second kappa shape index (κ2) is 16.7. The molecule has 0 radical (unpaired) electrons. The molecule has 39 heavy (non-hydrogen) atoms. The van der Waals surface area contributed by atoms with Gasteiger partial charge < -0.3 is 19.9 Å². The van der Waals surface area contributed by atoms with Crippen LogP contribution in [0.3, 0.4) is 0 Å². The molecule has 0 aliphatic carbocycles. The van der Waals surface area contributed by atoms with E-state index in [0.29, 0.717) is 12.0 Å². The topological polar surface area (TPSA) is 119 Å². The molecule has 2 unspecified atom stereocenters. The van der Waals surface area contributed by atoms with Crippen LogP contribution in [0.5, 0.6) is 5.75 Å². The SMILES string of the molecule is CCSC(c1ccc(C(=O)OC)cc1)c1cc(CC(CC)NC(=O)OCc2ccccc2)ccc1O.O=C=O. The lowest BCUT2D eigenvalue weighted by molar-refractivity contribution is -0.191. The first kappa shape index (κ1) is 31.1. The molecule has 1 amide bonds. The molecule has 0 aliphatic rings. The first-order chi connectivity index (χ1) is 18.9. The van der Waals surface area contributed by atoms with Gasteiger partial charge in [0, 0.05) is 11.6 Å². The number of aromatic hydroxyl groups is 1. The largest absolute Gasteiger partial charge is 0.508 e. The summed E-state index contributed by atoms with van der Waals surface area (Å²) in [6.07, 6.45) is 1.14. The predicted molar refractivity (Wildman–Crippen MR) is 148 cm³/mol. The van der Waals surface area contributed by atoms with Crippen LogP contribution in [0, 0.1) is 0 Å². The first-order valence-corrected chi connectivity index (χ1v) is 13.5. The molecule has 0 bridgehead atoms. The number of phenolic OH excluding ortho intramolecular Hbond substituents is 1. The molecule has 3 aromatic carbocycles. The Morgan fingerprint density at radius 3 is 2.23 bits per heavy atom. The molecule has 0 spiro atoms. The predicted octanol–water partition coefficient (Wildman–Crippen LogP) is 5.69. The van der Waals surface area contributed by atoms with Crippen LogP contribution in [0.2, 0.25) is 0 Å². The molecule has 206 valence electrons. The summed E-state index contributed by atoms with van der Waals surface area (Å²) in [5.74, 6) is 0.677. The molecule has 3 rings (SSSR count). The van der Waals surface area contributed by atoms with Crippen molar-refractivity contribution in [2.24, 2.45) is 0 Å². The summed E-state index contributed by atoms with van der Waals surface area (Å²) in [4.78, 5) is 40.4. The zero-order chi connectivity index (χ0) is 28.6. The van der Waals surface area contributed by atoms with Crippen LogP contribution in [0.25, 0.3) is 0 Å². The van der Waals surface area contributed by atoms with Crippen LogP contribution in [-0.2, 0) is 32.1 Å². The van der Waals surface area contributed by atoms with E-state index < -0.39 is 6.09 Å². The van der Waals surface area contributed by atoms with E-state index in [1.165, 1.54) is 7.11 Å². The van der Waals surface area contributed by atoms with Gasteiger partial charge in [0.1, 0.15) is 12.4 Å². The number of amides is 1. The average Bonchev–Trinajstić information content (AvgIpc) is 2.96. The number of hydrogen-bond donors (Lipinski definition) is 2. The van der Waals surface area contributed by atoms with E-state index in [9.17, 15) is 14.7 Å². The molecule has 0 heterocycles. The number of rotatable bonds is 11. The van der Waals surface area contributed by atoms with Crippen LogP contribution in [0.15, 0.2) is 72.8 Å². The van der Waals surface area contributed by atoms with Crippen molar-refractivity contribution in [2.75, 3.05) is 12.9 Å². The number of carbonyl (C=O) groups excluding carboxylic acids is 4. The number of esters is 1. The number of benzene rings is 3. The van der Waals surface area contributed by atoms with E-state index in [1.807, 2.05) is 61.5 Å². The van der Waals surface area contributed by atoms with Crippen LogP contribution in [0.4, 0.5) is 4.79 Å². The Labute approximate surface area is 232 Å². The number of hydrogen-bond acceptors (Lipinski definition) is 8. The highest BCUT2D eigenvalue weighted by atomic mass is 32.2. The number of thioether (sulfide) groups is 1. The molecule has 0 fully saturated rings. The highest BCUT2D eigenvalue weighted by Crippen LogP contribution is 2.40. The fraction of sp³-hybridized carbons (Fsp3) is 0.300. The summed E-state index contributed by atoms with van der Waals surface area (Å²) in [6.45, 7) is 4.30. The van der Waals surface area contributed by atoms with Crippen molar-refractivity contribution in [1.29, 1.82) is 0 Å². The lowest BCUT2D eigenvalue weighted by Gasteiger charge is -2.21. The zero-order valence-electron chi connectivity index (χ0n) is 22.2. The quantitative estimate of drug-likeness (QED) is 0.292. The van der Waals surface area contributed by atoms with Crippen molar-refractivity contribution < 1.29 is 33.8 Å². The third kappa shape index (κ3) is 9.96. The lowest BCUT2D eigenvalue weighted by atomic mass is 9.97. The van der Waals surface area contributed by atoms with E-state index >= 15 is 0 Å². The van der Waals surface area contributed by atoms with Gasteiger partial charge in [0.2, 0.25) is 0 Å². The summed E-state index contributed by atoms with van der Waals surface area (Å²) < 4.78 is 10.2. The van der Waals surface area contributed by atoms with Gasteiger partial charge in [-0.15, -0.1) is 11.8 Å². The van der Waals surface area contributed by atoms with Gasteiger partial charge in [-0.2, -0.15) is 9.59 Å². The van der Waals surface area contributed by atoms with Crippen LogP contribution >= 0.6 is 11.8 Å². The van der Waals surface area contributed by atoms with Crippen molar-refractivity contribution in [1.82, 2.24) is 5.32 Å². The Kier molecular flexibility index (Phi) is 13.3. The maximum Gasteiger partial charge on any atom is 0.407 e. The fourth-order valence-corrected chi connectivity index (χ4v) is 4.95. The van der Waals surface area contributed by atoms with E-state index in [-0.39, 0.29) is 35.8 Å². The van der Waals surface area contributed by atoms with Gasteiger partial charge in [-0.25, -0.2) is 9.59 Å². The van der Waals surface area contributed by atoms with Crippen LogP contribution in [0.1, 0.15) is 58.1 Å². The Hall–Kier alpha value is -4.07. The minimum Gasteiger partial charge on any atom is -0.508 e. The Morgan fingerprint density at radius 1 is 0.974 bits per heavy atom. The highest BCUT2D eigenvalue weighted by molar-refractivity contribution is 7.99. The minimum atomic E-state index is -0.449. The summed E-state index contributed by atoms with van der Waals surface area (Å²) in [6, 6.07) is 22.3. The van der Waals surface area contributed by atoms with Crippen LogP contribution in [-0.4, -0.2) is 42.2 Å². The molecule has 0 saturated carbocycles. The summed E-state index contributed by atoms with van der Waals surface area (Å²) in [5, 5.41) is 13.6. The summed E-state index contributed by atoms with van der Waals surface area (Å²) in [7, 11) is 1.36. The maximum absolute atomic E-state index is 12.4. The number of nitrogens with one attached hydrogen (secondary N) is 1. The average molecular weight is 552 g/mol. The number of phenols is 1. The standard InChI is InChI=1S/C29H33NO5S.CO2/c1-4-24(30-29(33)35-19-20-9-7-6-8-10-20)17-21-11-16-26(31)25(18-21)27(36-5-2)22-12-14-23(15-13-22)28(32)34-3;2-1-3/h6-16,18,24,27,31H,4-5,17,19H2,1-3H3,(H,30,33);. The van der Waals surface area contributed by atoms with Gasteiger partial charge in [-0.3, -0.25) is 0 Å². The smallest absolute Gasteiger partial charge is 0.407 e. The van der Waals surface area contributed by atoms with Crippen LogP contribution < -0.4 is 5.32 Å². The molecule has 0 saturated heterocycles. The third-order valence-corrected chi connectivity index (χ3v) is 7.04. The second-order valence-electron chi connectivity index (χ2n) is 8.44. The number of alkyl carbamates (subject to hydrolysis) is 1. The van der Waals surface area contributed by atoms with E-state index in [2.05, 4.69) is 12.2 Å². The van der Waals surface area contributed by atoms with Crippen molar-refractivity contribution >= 4 is 30.0 Å². The number of methoxy groups -OCH3 is 1. The fourth-order valence-electron chi connectivity index (χ4n) is 3.90. The Bertz CT molecular complexity index is 1230. The molecule has 0 aliphatic heterocycles. The number of ether oxygens (including phenoxy) is 2. The maximum atomic E-state index is 12.4. The second-order valence-corrected chi connectivity index (χ2v) is 9.82. The molecule has 2 N–H and O–H groups in total. The number of carbonyl (C=O) groups is 2. The van der Waals surface area contributed by atoms with E-state index in [4.69, 9.17) is 19.1 Å². The monoisotopic (exact) mass is 551 g/mol. The minimum absolute atomic E-state index is 0.106. The molecule has 3 aromatic rings. The van der Waals surface area contributed by atoms with Gasteiger partial charge in [0.15, 0.2) is 0 Å². The van der Waals surface area contributed by atoms with Crippen molar-refractivity contribution in [3.05, 3.63) is 101 Å². The van der Waals surface area contributed by atoms with Gasteiger partial charge in [0.05, 0.1) is 17.9 Å². The van der Waals surface area contributed by atoms with Gasteiger partial charge >= 0.3 is 18.2 Å². The Morgan fingerprint density at radius 2 is 1.64 bits per heavy atom. The summed E-state index contributed by atoms with van der Waals surface area (Å²) >= 11 is 1.70. The Balaban J connectivity index is 0.00000170.